The molecule has 0 saturated carbocycles. The van der Waals surface area contributed by atoms with Crippen molar-refractivity contribution in [2.24, 2.45) is 0 Å². The molecule has 0 aliphatic carbocycles. The maximum Gasteiger partial charge on any atom is 0.254 e. The quantitative estimate of drug-likeness (QED) is 0.721. The Bertz CT molecular complexity index is 423. The lowest BCUT2D eigenvalue weighted by Crippen LogP contribution is -2.35. The van der Waals surface area contributed by atoms with E-state index in [0.717, 1.165) is 32.1 Å². The second-order valence-corrected chi connectivity index (χ2v) is 5.28. The molecule has 0 fully saturated rings. The summed E-state index contributed by atoms with van der Waals surface area (Å²) < 4.78 is 13.6. The monoisotopic (exact) mass is 283 g/mol. The van der Waals surface area contributed by atoms with Gasteiger partial charge in [0.1, 0.15) is 5.82 Å². The van der Waals surface area contributed by atoms with E-state index in [1.54, 1.807) is 0 Å². The molecule has 4 heteroatoms. The van der Waals surface area contributed by atoms with E-state index < -0.39 is 5.82 Å². The normalized spacial score (nSPS) is 12.2. The summed E-state index contributed by atoms with van der Waals surface area (Å²) in [6.45, 7) is 4.20. The first-order chi connectivity index (χ1) is 9.08. The average Bonchev–Trinajstić information content (AvgIpc) is 2.39. The molecule has 0 spiro atoms. The van der Waals surface area contributed by atoms with E-state index in [1.807, 2.05) is 0 Å². The van der Waals surface area contributed by atoms with Crippen molar-refractivity contribution in [1.82, 2.24) is 5.32 Å². The molecule has 0 heterocycles. The van der Waals surface area contributed by atoms with E-state index in [4.69, 9.17) is 0 Å². The van der Waals surface area contributed by atoms with Crippen molar-refractivity contribution < 1.29 is 9.18 Å². The zero-order valence-corrected chi connectivity index (χ0v) is 12.5. The summed E-state index contributed by atoms with van der Waals surface area (Å²) in [6, 6.07) is 4.41. The number of benzene rings is 1. The minimum atomic E-state index is -0.499. The minimum absolute atomic E-state index is 0.0742. The van der Waals surface area contributed by atoms with E-state index in [-0.39, 0.29) is 17.5 Å². The second kappa shape index (κ2) is 8.20. The first kappa shape index (κ1) is 16.0. The molecule has 0 saturated heterocycles. The van der Waals surface area contributed by atoms with Gasteiger partial charge in [-0.1, -0.05) is 33.1 Å². The number of rotatable bonds is 7. The highest BCUT2D eigenvalue weighted by Gasteiger charge is 2.16. The second-order valence-electron chi connectivity index (χ2n) is 4.77. The van der Waals surface area contributed by atoms with Crippen molar-refractivity contribution >= 4 is 18.5 Å². The van der Waals surface area contributed by atoms with Gasteiger partial charge in [-0.3, -0.25) is 4.79 Å². The molecule has 1 aromatic rings. The van der Waals surface area contributed by atoms with Crippen LogP contribution in [0.2, 0.25) is 0 Å². The maximum absolute atomic E-state index is 13.6. The summed E-state index contributed by atoms with van der Waals surface area (Å²) in [4.78, 5) is 12.7. The van der Waals surface area contributed by atoms with Crippen LogP contribution in [0.5, 0.6) is 0 Å². The van der Waals surface area contributed by atoms with Gasteiger partial charge in [0.05, 0.1) is 5.56 Å². The number of halogens is 1. The van der Waals surface area contributed by atoms with Crippen LogP contribution in [0, 0.1) is 5.82 Å². The minimum Gasteiger partial charge on any atom is -0.349 e. The van der Waals surface area contributed by atoms with Crippen LogP contribution < -0.4 is 5.32 Å². The van der Waals surface area contributed by atoms with Crippen LogP contribution in [0.15, 0.2) is 23.1 Å². The molecule has 0 aromatic heterocycles. The molecule has 2 nitrogen and oxygen atoms in total. The first-order valence-electron chi connectivity index (χ1n) is 6.87. The van der Waals surface area contributed by atoms with Gasteiger partial charge in [-0.2, -0.15) is 0 Å². The summed E-state index contributed by atoms with van der Waals surface area (Å²) in [5, 5.41) is 2.92. The molecular formula is C15H22FNOS. The number of carbonyl (C=O) groups is 1. The van der Waals surface area contributed by atoms with E-state index >= 15 is 0 Å². The summed E-state index contributed by atoms with van der Waals surface area (Å²) in [5.74, 6) is -0.844. The summed E-state index contributed by atoms with van der Waals surface area (Å²) >= 11 is 4.14. The van der Waals surface area contributed by atoms with Gasteiger partial charge in [0.2, 0.25) is 0 Å². The van der Waals surface area contributed by atoms with Crippen LogP contribution in [0.25, 0.3) is 0 Å². The van der Waals surface area contributed by atoms with Crippen LogP contribution in [0.3, 0.4) is 0 Å². The van der Waals surface area contributed by atoms with Crippen molar-refractivity contribution in [3.05, 3.63) is 29.6 Å². The number of hydrogen-bond acceptors (Lipinski definition) is 2. The Morgan fingerprint density at radius 3 is 2.68 bits per heavy atom. The predicted octanol–water partition coefficient (Wildman–Crippen LogP) is 4.20. The Hall–Kier alpha value is -1.03. The standard InChI is InChI=1S/C15H22FNOS/c1-3-5-7-11(6-4-2)17-15(18)13-10-12(19)8-9-14(13)16/h8-11,19H,3-7H2,1-2H3,(H,17,18). The van der Waals surface area contributed by atoms with Crippen LogP contribution in [0.4, 0.5) is 4.39 Å². The van der Waals surface area contributed by atoms with Gasteiger partial charge < -0.3 is 5.32 Å². The van der Waals surface area contributed by atoms with Gasteiger partial charge in [-0.25, -0.2) is 4.39 Å². The fourth-order valence-electron chi connectivity index (χ4n) is 2.04. The lowest BCUT2D eigenvalue weighted by Gasteiger charge is -2.18. The molecule has 1 unspecified atom stereocenters. The molecule has 19 heavy (non-hydrogen) atoms. The van der Waals surface area contributed by atoms with Gasteiger partial charge in [-0.15, -0.1) is 12.6 Å². The van der Waals surface area contributed by atoms with E-state index in [0.29, 0.717) is 4.90 Å². The van der Waals surface area contributed by atoms with Crippen LogP contribution in [0.1, 0.15) is 56.3 Å². The zero-order valence-electron chi connectivity index (χ0n) is 11.6. The molecule has 0 aliphatic heterocycles. The molecule has 1 N–H and O–H groups in total. The van der Waals surface area contributed by atoms with E-state index in [9.17, 15) is 9.18 Å². The van der Waals surface area contributed by atoms with E-state index in [1.165, 1.54) is 18.2 Å². The topological polar surface area (TPSA) is 29.1 Å². The number of hydrogen-bond donors (Lipinski definition) is 2. The Kier molecular flexibility index (Phi) is 6.92. The average molecular weight is 283 g/mol. The third-order valence-corrected chi connectivity index (χ3v) is 3.35. The molecule has 0 aliphatic rings. The summed E-state index contributed by atoms with van der Waals surface area (Å²) in [7, 11) is 0. The highest BCUT2D eigenvalue weighted by Crippen LogP contribution is 2.15. The number of amides is 1. The molecular weight excluding hydrogens is 261 g/mol. The van der Waals surface area contributed by atoms with Crippen LogP contribution in [-0.4, -0.2) is 11.9 Å². The first-order valence-corrected chi connectivity index (χ1v) is 7.32. The molecule has 1 aromatic carbocycles. The van der Waals surface area contributed by atoms with Crippen molar-refractivity contribution in [2.75, 3.05) is 0 Å². The van der Waals surface area contributed by atoms with Crippen LogP contribution in [-0.2, 0) is 0 Å². The van der Waals surface area contributed by atoms with Crippen molar-refractivity contribution in [3.63, 3.8) is 0 Å². The van der Waals surface area contributed by atoms with Gasteiger partial charge in [0.25, 0.3) is 5.91 Å². The Morgan fingerprint density at radius 2 is 2.05 bits per heavy atom. The highest BCUT2D eigenvalue weighted by molar-refractivity contribution is 7.80. The third kappa shape index (κ3) is 5.23. The fraction of sp³-hybridized carbons (Fsp3) is 0.533. The van der Waals surface area contributed by atoms with Crippen molar-refractivity contribution in [1.29, 1.82) is 0 Å². The summed E-state index contributed by atoms with van der Waals surface area (Å²) in [5.41, 5.74) is 0.0742. The lowest BCUT2D eigenvalue weighted by atomic mass is 10.0. The largest absolute Gasteiger partial charge is 0.349 e. The van der Waals surface area contributed by atoms with Crippen molar-refractivity contribution in [3.8, 4) is 0 Å². The Morgan fingerprint density at radius 1 is 1.32 bits per heavy atom. The van der Waals surface area contributed by atoms with Gasteiger partial charge in [0.15, 0.2) is 0 Å². The molecule has 1 amide bonds. The molecule has 1 atom stereocenters. The van der Waals surface area contributed by atoms with E-state index in [2.05, 4.69) is 31.8 Å². The number of thiol groups is 1. The molecule has 0 bridgehead atoms. The molecule has 0 radical (unpaired) electrons. The molecule has 106 valence electrons. The third-order valence-electron chi connectivity index (χ3n) is 3.07. The van der Waals surface area contributed by atoms with Crippen LogP contribution >= 0.6 is 12.6 Å². The maximum atomic E-state index is 13.6. The fourth-order valence-corrected chi connectivity index (χ4v) is 2.24. The number of nitrogens with one attached hydrogen (secondary N) is 1. The van der Waals surface area contributed by atoms with Gasteiger partial charge >= 0.3 is 0 Å². The zero-order chi connectivity index (χ0) is 14.3. The highest BCUT2D eigenvalue weighted by atomic mass is 32.1. The summed E-state index contributed by atoms with van der Waals surface area (Å²) in [6.07, 6.45) is 5.03. The van der Waals surface area contributed by atoms with Gasteiger partial charge in [-0.05, 0) is 31.0 Å². The van der Waals surface area contributed by atoms with Gasteiger partial charge in [0, 0.05) is 10.9 Å². The number of unbranched alkanes of at least 4 members (excludes halogenated alkanes) is 1. The predicted molar refractivity (Wildman–Crippen MR) is 79.3 cm³/mol. The Balaban J connectivity index is 2.72. The van der Waals surface area contributed by atoms with Crippen molar-refractivity contribution in [2.45, 2.75) is 56.9 Å². The Labute approximate surface area is 120 Å². The molecule has 1 rings (SSSR count). The number of carbonyl (C=O) groups excluding carboxylic acids is 1. The smallest absolute Gasteiger partial charge is 0.254 e. The SMILES string of the molecule is CCCCC(CCC)NC(=O)c1cc(S)ccc1F. The lowest BCUT2D eigenvalue weighted by molar-refractivity contribution is 0.0928.